The van der Waals surface area contributed by atoms with Crippen molar-refractivity contribution in [1.29, 1.82) is 0 Å². The summed E-state index contributed by atoms with van der Waals surface area (Å²) in [5.74, 6) is -0.190. The molecule has 2 heterocycles. The van der Waals surface area contributed by atoms with Gasteiger partial charge >= 0.3 is 0 Å². The van der Waals surface area contributed by atoms with Crippen molar-refractivity contribution in [1.82, 2.24) is 9.80 Å². The molecule has 6 heteroatoms. The molecule has 0 saturated carbocycles. The van der Waals surface area contributed by atoms with E-state index in [1.807, 2.05) is 11.0 Å². The van der Waals surface area contributed by atoms with Gasteiger partial charge in [0.15, 0.2) is 0 Å². The number of carbonyl (C=O) groups is 1. The molecule has 0 aromatic heterocycles. The van der Waals surface area contributed by atoms with E-state index in [-0.39, 0.29) is 23.4 Å². The van der Waals surface area contributed by atoms with Crippen LogP contribution in [0.1, 0.15) is 30.1 Å². The molecule has 2 aliphatic rings. The van der Waals surface area contributed by atoms with E-state index in [0.29, 0.717) is 26.1 Å². The first-order valence-electron chi connectivity index (χ1n) is 11.0. The van der Waals surface area contributed by atoms with E-state index >= 15 is 0 Å². The molecule has 0 radical (unpaired) electrons. The van der Waals surface area contributed by atoms with Gasteiger partial charge in [-0.2, -0.15) is 0 Å². The van der Waals surface area contributed by atoms with Gasteiger partial charge in [-0.3, -0.25) is 9.69 Å². The van der Waals surface area contributed by atoms with Gasteiger partial charge in [-0.25, -0.2) is 4.39 Å². The molecule has 166 valence electrons. The minimum absolute atomic E-state index is 0.0215. The summed E-state index contributed by atoms with van der Waals surface area (Å²) in [6.45, 7) is 4.64. The molecule has 31 heavy (non-hydrogen) atoms. The lowest BCUT2D eigenvalue weighted by atomic mass is 9.87. The van der Waals surface area contributed by atoms with E-state index in [9.17, 15) is 9.18 Å². The van der Waals surface area contributed by atoms with Gasteiger partial charge in [0.05, 0.1) is 24.7 Å². The third kappa shape index (κ3) is 5.50. The molecule has 1 amide bonds. The van der Waals surface area contributed by atoms with Crippen LogP contribution in [0.3, 0.4) is 0 Å². The van der Waals surface area contributed by atoms with Crippen LogP contribution in [0.25, 0.3) is 0 Å². The molecular formula is C25H31FN2O3. The first-order valence-corrected chi connectivity index (χ1v) is 11.0. The van der Waals surface area contributed by atoms with Crippen LogP contribution in [-0.2, 0) is 20.7 Å². The first kappa shape index (κ1) is 21.9. The summed E-state index contributed by atoms with van der Waals surface area (Å²) in [7, 11) is 1.73. The highest BCUT2D eigenvalue weighted by Gasteiger charge is 2.43. The number of halogens is 1. The summed E-state index contributed by atoms with van der Waals surface area (Å²) in [5, 5.41) is 0. The van der Waals surface area contributed by atoms with Gasteiger partial charge in [0.1, 0.15) is 5.82 Å². The van der Waals surface area contributed by atoms with E-state index in [2.05, 4.69) is 29.2 Å². The highest BCUT2D eigenvalue weighted by molar-refractivity contribution is 5.78. The predicted octanol–water partition coefficient (Wildman–Crippen LogP) is 3.45. The Morgan fingerprint density at radius 1 is 1.13 bits per heavy atom. The van der Waals surface area contributed by atoms with E-state index in [1.165, 1.54) is 17.7 Å². The van der Waals surface area contributed by atoms with Crippen molar-refractivity contribution in [2.45, 2.75) is 31.0 Å². The Morgan fingerprint density at radius 3 is 2.52 bits per heavy atom. The van der Waals surface area contributed by atoms with E-state index < -0.39 is 0 Å². The summed E-state index contributed by atoms with van der Waals surface area (Å²) in [6, 6.07) is 16.5. The van der Waals surface area contributed by atoms with Crippen molar-refractivity contribution in [2.75, 3.05) is 46.4 Å². The number of nitrogens with zero attached hydrogens (tertiary/aromatic N) is 2. The van der Waals surface area contributed by atoms with Gasteiger partial charge in [0, 0.05) is 39.8 Å². The largest absolute Gasteiger partial charge is 0.383 e. The SMILES string of the molecule is COCCN1CC(c2ccccc2)OC2(CCN(C(=O)Cc3ccc(F)cc3)CC2)C1. The number of likely N-dealkylation sites (tertiary alicyclic amines) is 1. The molecule has 2 fully saturated rings. The van der Waals surface area contributed by atoms with E-state index in [1.54, 1.807) is 19.2 Å². The molecule has 2 aliphatic heterocycles. The molecule has 2 aromatic carbocycles. The maximum Gasteiger partial charge on any atom is 0.226 e. The van der Waals surface area contributed by atoms with Gasteiger partial charge in [0.2, 0.25) is 5.91 Å². The highest BCUT2D eigenvalue weighted by atomic mass is 19.1. The lowest BCUT2D eigenvalue weighted by Gasteiger charge is -2.50. The third-order valence-corrected chi connectivity index (χ3v) is 6.41. The zero-order valence-corrected chi connectivity index (χ0v) is 18.1. The number of piperidine rings is 1. The normalized spacial score (nSPS) is 21.4. The fourth-order valence-electron chi connectivity index (χ4n) is 4.64. The zero-order chi connectivity index (χ0) is 21.7. The van der Waals surface area contributed by atoms with Crippen molar-refractivity contribution in [3.63, 3.8) is 0 Å². The Balaban J connectivity index is 1.41. The lowest BCUT2D eigenvalue weighted by molar-refractivity contribution is -0.181. The fraction of sp³-hybridized carbons (Fsp3) is 0.480. The van der Waals surface area contributed by atoms with Crippen LogP contribution >= 0.6 is 0 Å². The van der Waals surface area contributed by atoms with Crippen molar-refractivity contribution >= 4 is 5.91 Å². The van der Waals surface area contributed by atoms with Gasteiger partial charge in [0.25, 0.3) is 0 Å². The van der Waals surface area contributed by atoms with E-state index in [0.717, 1.165) is 38.0 Å². The van der Waals surface area contributed by atoms with Gasteiger partial charge in [-0.05, 0) is 36.1 Å². The minimum Gasteiger partial charge on any atom is -0.383 e. The van der Waals surface area contributed by atoms with Gasteiger partial charge in [-0.1, -0.05) is 42.5 Å². The van der Waals surface area contributed by atoms with Crippen molar-refractivity contribution in [2.24, 2.45) is 0 Å². The van der Waals surface area contributed by atoms with Crippen LogP contribution < -0.4 is 0 Å². The molecule has 1 unspecified atom stereocenters. The molecule has 1 atom stereocenters. The van der Waals surface area contributed by atoms with Crippen LogP contribution in [0.2, 0.25) is 0 Å². The molecule has 0 bridgehead atoms. The Labute approximate surface area is 183 Å². The van der Waals surface area contributed by atoms with Crippen LogP contribution in [0.5, 0.6) is 0 Å². The smallest absolute Gasteiger partial charge is 0.226 e. The second kappa shape index (κ2) is 9.90. The monoisotopic (exact) mass is 426 g/mol. The van der Waals surface area contributed by atoms with Gasteiger partial charge in [-0.15, -0.1) is 0 Å². The number of ether oxygens (including phenoxy) is 2. The topological polar surface area (TPSA) is 42.0 Å². The Bertz CT molecular complexity index is 851. The second-order valence-electron chi connectivity index (χ2n) is 8.61. The first-order chi connectivity index (χ1) is 15.1. The van der Waals surface area contributed by atoms with Crippen molar-refractivity contribution in [3.05, 3.63) is 71.5 Å². The fourth-order valence-corrected chi connectivity index (χ4v) is 4.64. The number of amides is 1. The number of morpholine rings is 1. The highest BCUT2D eigenvalue weighted by Crippen LogP contribution is 2.37. The molecule has 0 aliphatic carbocycles. The minimum atomic E-state index is -0.281. The average molecular weight is 427 g/mol. The summed E-state index contributed by atoms with van der Waals surface area (Å²) in [4.78, 5) is 17.1. The second-order valence-corrected chi connectivity index (χ2v) is 8.61. The van der Waals surface area contributed by atoms with Crippen LogP contribution in [0.15, 0.2) is 54.6 Å². The number of methoxy groups -OCH3 is 1. The summed E-state index contributed by atoms with van der Waals surface area (Å²) in [6.07, 6.45) is 1.96. The number of rotatable bonds is 6. The number of hydrogen-bond acceptors (Lipinski definition) is 4. The molecular weight excluding hydrogens is 395 g/mol. The number of benzene rings is 2. The Morgan fingerprint density at radius 2 is 1.84 bits per heavy atom. The third-order valence-electron chi connectivity index (χ3n) is 6.41. The summed E-state index contributed by atoms with van der Waals surface area (Å²) in [5.41, 5.74) is 1.79. The van der Waals surface area contributed by atoms with Crippen LogP contribution in [-0.4, -0.2) is 67.7 Å². The standard InChI is InChI=1S/C25H31FN2O3/c1-30-16-15-27-18-23(21-5-3-2-4-6-21)31-25(19-27)11-13-28(14-12-25)24(29)17-20-7-9-22(26)10-8-20/h2-10,23H,11-19H2,1H3. The summed E-state index contributed by atoms with van der Waals surface area (Å²) < 4.78 is 25.1. The average Bonchev–Trinajstić information content (AvgIpc) is 2.80. The maximum atomic E-state index is 13.1. The van der Waals surface area contributed by atoms with Gasteiger partial charge < -0.3 is 14.4 Å². The summed E-state index contributed by atoms with van der Waals surface area (Å²) >= 11 is 0. The Hall–Kier alpha value is -2.28. The molecule has 5 nitrogen and oxygen atoms in total. The quantitative estimate of drug-likeness (QED) is 0.710. The molecule has 2 saturated heterocycles. The van der Waals surface area contributed by atoms with Crippen LogP contribution in [0, 0.1) is 5.82 Å². The maximum absolute atomic E-state index is 13.1. The predicted molar refractivity (Wildman–Crippen MR) is 117 cm³/mol. The molecule has 1 spiro atoms. The van der Waals surface area contributed by atoms with E-state index in [4.69, 9.17) is 9.47 Å². The van der Waals surface area contributed by atoms with Crippen molar-refractivity contribution in [3.8, 4) is 0 Å². The molecule has 2 aromatic rings. The Kier molecular flexibility index (Phi) is 7.00. The number of carbonyl (C=O) groups excluding carboxylic acids is 1. The van der Waals surface area contributed by atoms with Crippen molar-refractivity contribution < 1.29 is 18.7 Å². The number of hydrogen-bond donors (Lipinski definition) is 0. The molecule has 4 rings (SSSR count). The zero-order valence-electron chi connectivity index (χ0n) is 18.1. The molecule has 0 N–H and O–H groups in total. The van der Waals surface area contributed by atoms with Crippen LogP contribution in [0.4, 0.5) is 4.39 Å². The lowest BCUT2D eigenvalue weighted by Crippen LogP contribution is -2.58.